The third-order valence-electron chi connectivity index (χ3n) is 5.65. The van der Waals surface area contributed by atoms with Crippen LogP contribution in [-0.4, -0.2) is 75.8 Å². The zero-order valence-corrected chi connectivity index (χ0v) is 20.6. The lowest BCUT2D eigenvalue weighted by Crippen LogP contribution is -2.49. The van der Waals surface area contributed by atoms with Gasteiger partial charge in [0.15, 0.2) is 0 Å². The number of nitrogens with zero attached hydrogens (tertiary/aromatic N) is 2. The largest absolute Gasteiger partial charge is 0.497 e. The number of likely N-dealkylation sites (N-methyl/N-ethyl adjacent to an activating group) is 1. The molecule has 1 heterocycles. The van der Waals surface area contributed by atoms with Gasteiger partial charge in [0.1, 0.15) is 22.5 Å². The van der Waals surface area contributed by atoms with Crippen LogP contribution in [0.1, 0.15) is 25.0 Å². The Labute approximate surface area is 197 Å². The molecule has 0 fully saturated rings. The van der Waals surface area contributed by atoms with E-state index in [1.54, 1.807) is 32.2 Å². The highest BCUT2D eigenvalue weighted by Gasteiger charge is 2.37. The third kappa shape index (κ3) is 5.87. The van der Waals surface area contributed by atoms with E-state index in [0.717, 1.165) is 11.3 Å². The van der Waals surface area contributed by atoms with Gasteiger partial charge in [-0.3, -0.25) is 0 Å². The molecule has 2 aromatic carbocycles. The molecule has 1 aliphatic heterocycles. The molecule has 8 heteroatoms. The zero-order chi connectivity index (χ0) is 24.2. The Morgan fingerprint density at radius 3 is 2.42 bits per heavy atom. The molecule has 3 atom stereocenters. The molecule has 0 unspecified atom stereocenters. The molecule has 3 rings (SSSR count). The fraction of sp³-hybridized carbons (Fsp3) is 0.440. The van der Waals surface area contributed by atoms with Crippen molar-refractivity contribution in [2.24, 2.45) is 5.92 Å². The molecule has 1 aliphatic rings. The average molecular weight is 473 g/mol. The Balaban J connectivity index is 2.04. The number of hydrogen-bond acceptors (Lipinski definition) is 6. The zero-order valence-electron chi connectivity index (χ0n) is 19.8. The summed E-state index contributed by atoms with van der Waals surface area (Å²) in [5.74, 6) is 7.14. The number of hydrogen-bond donors (Lipinski definition) is 1. The van der Waals surface area contributed by atoms with Crippen LogP contribution in [-0.2, 0) is 10.0 Å². The quantitative estimate of drug-likeness (QED) is 0.674. The first-order chi connectivity index (χ1) is 15.6. The second kappa shape index (κ2) is 10.6. The van der Waals surface area contributed by atoms with Crippen LogP contribution in [0.4, 0.5) is 0 Å². The van der Waals surface area contributed by atoms with Crippen LogP contribution in [0.5, 0.6) is 11.5 Å². The molecule has 0 spiro atoms. The molecule has 0 saturated heterocycles. The molecule has 0 radical (unpaired) electrons. The first-order valence-electron chi connectivity index (χ1n) is 10.9. The van der Waals surface area contributed by atoms with Gasteiger partial charge in [-0.15, -0.1) is 0 Å². The Hall–Kier alpha value is -2.57. The monoisotopic (exact) mass is 472 g/mol. The second-order valence-corrected chi connectivity index (χ2v) is 10.5. The maximum absolute atomic E-state index is 13.5. The summed E-state index contributed by atoms with van der Waals surface area (Å²) in [4.78, 5) is 2.11. The van der Waals surface area contributed by atoms with E-state index in [1.807, 2.05) is 50.2 Å². The van der Waals surface area contributed by atoms with Crippen LogP contribution in [0, 0.1) is 17.8 Å². The van der Waals surface area contributed by atoms with Gasteiger partial charge in [0, 0.05) is 36.2 Å². The Morgan fingerprint density at radius 2 is 1.82 bits per heavy atom. The summed E-state index contributed by atoms with van der Waals surface area (Å²) in [5.41, 5.74) is 1.47. The van der Waals surface area contributed by atoms with Crippen molar-refractivity contribution in [2.45, 2.75) is 30.9 Å². The second-order valence-electron chi connectivity index (χ2n) is 8.64. The first-order valence-corrected chi connectivity index (χ1v) is 12.3. The molecule has 33 heavy (non-hydrogen) atoms. The lowest BCUT2D eigenvalue weighted by Gasteiger charge is -2.37. The number of ether oxygens (including phenoxy) is 2. The van der Waals surface area contributed by atoms with Crippen LogP contribution >= 0.6 is 0 Å². The van der Waals surface area contributed by atoms with Crippen LogP contribution in [0.15, 0.2) is 47.4 Å². The summed E-state index contributed by atoms with van der Waals surface area (Å²) in [6, 6.07) is 11.8. The summed E-state index contributed by atoms with van der Waals surface area (Å²) in [6.07, 6.45) is -0.229. The van der Waals surface area contributed by atoms with Gasteiger partial charge in [0.05, 0.1) is 13.7 Å². The van der Waals surface area contributed by atoms with Crippen molar-refractivity contribution in [1.82, 2.24) is 9.21 Å². The van der Waals surface area contributed by atoms with E-state index in [-0.39, 0.29) is 35.8 Å². The minimum atomic E-state index is -3.86. The molecule has 2 aromatic rings. The van der Waals surface area contributed by atoms with Gasteiger partial charge in [0.2, 0.25) is 10.0 Å². The maximum Gasteiger partial charge on any atom is 0.247 e. The van der Waals surface area contributed by atoms with Gasteiger partial charge >= 0.3 is 0 Å². The van der Waals surface area contributed by atoms with E-state index in [4.69, 9.17) is 9.47 Å². The minimum Gasteiger partial charge on any atom is -0.497 e. The average Bonchev–Trinajstić information content (AvgIpc) is 2.79. The van der Waals surface area contributed by atoms with E-state index < -0.39 is 16.1 Å². The molecule has 0 saturated carbocycles. The van der Waals surface area contributed by atoms with Gasteiger partial charge in [0.25, 0.3) is 0 Å². The van der Waals surface area contributed by atoms with Crippen molar-refractivity contribution >= 4 is 10.0 Å². The van der Waals surface area contributed by atoms with Crippen molar-refractivity contribution in [1.29, 1.82) is 0 Å². The SMILES string of the molecule is COc1ccc(C#Cc2ccc3c(c2)O[C@H](CN(C)C)[C@H](C)CN([C@H](C)CO)S3(=O)=O)cc1. The highest BCUT2D eigenvalue weighted by atomic mass is 32.2. The summed E-state index contributed by atoms with van der Waals surface area (Å²) in [6.45, 7) is 4.32. The lowest BCUT2D eigenvalue weighted by atomic mass is 10.0. The Kier molecular flexibility index (Phi) is 8.03. The topological polar surface area (TPSA) is 79.3 Å². The fourth-order valence-electron chi connectivity index (χ4n) is 3.70. The molecule has 0 aromatic heterocycles. The molecular weight excluding hydrogens is 440 g/mol. The number of aliphatic hydroxyl groups is 1. The minimum absolute atomic E-state index is 0.0848. The summed E-state index contributed by atoms with van der Waals surface area (Å²) >= 11 is 0. The van der Waals surface area contributed by atoms with E-state index in [9.17, 15) is 13.5 Å². The Bertz CT molecular complexity index is 1120. The van der Waals surface area contributed by atoms with Crippen LogP contribution in [0.25, 0.3) is 0 Å². The highest BCUT2D eigenvalue weighted by Crippen LogP contribution is 2.34. The van der Waals surface area contributed by atoms with Gasteiger partial charge in [-0.25, -0.2) is 8.42 Å². The van der Waals surface area contributed by atoms with Gasteiger partial charge in [-0.05, 0) is 63.5 Å². The molecule has 1 N–H and O–H groups in total. The van der Waals surface area contributed by atoms with Crippen LogP contribution in [0.2, 0.25) is 0 Å². The van der Waals surface area contributed by atoms with Crippen molar-refractivity contribution in [2.75, 3.05) is 40.9 Å². The number of methoxy groups -OCH3 is 1. The standard InChI is InChI=1S/C25H32N2O5S/c1-18-15-27(19(2)17-28)33(29,30)25-13-10-21(14-23(25)32-24(18)16-26(3)4)7-6-20-8-11-22(31-5)12-9-20/h8-14,18-19,24,28H,15-17H2,1-5H3/t18-,19-,24-/m1/s1. The number of fused-ring (bicyclic) bond motifs is 1. The smallest absolute Gasteiger partial charge is 0.247 e. The summed E-state index contributed by atoms with van der Waals surface area (Å²) < 4.78 is 39.8. The highest BCUT2D eigenvalue weighted by molar-refractivity contribution is 7.89. The predicted octanol–water partition coefficient (Wildman–Crippen LogP) is 2.43. The molecule has 0 bridgehead atoms. The first kappa shape index (κ1) is 25.1. The normalized spacial score (nSPS) is 21.1. The number of rotatable bonds is 5. The third-order valence-corrected chi connectivity index (χ3v) is 7.67. The molecule has 0 aliphatic carbocycles. The van der Waals surface area contributed by atoms with E-state index >= 15 is 0 Å². The van der Waals surface area contributed by atoms with Crippen LogP contribution in [0.3, 0.4) is 0 Å². The van der Waals surface area contributed by atoms with E-state index in [0.29, 0.717) is 12.1 Å². The van der Waals surface area contributed by atoms with E-state index in [1.165, 1.54) is 4.31 Å². The van der Waals surface area contributed by atoms with Gasteiger partial charge < -0.3 is 19.5 Å². The van der Waals surface area contributed by atoms with Crippen molar-refractivity contribution in [3.63, 3.8) is 0 Å². The molecule has 178 valence electrons. The fourth-order valence-corrected chi connectivity index (χ4v) is 5.53. The predicted molar refractivity (Wildman–Crippen MR) is 128 cm³/mol. The van der Waals surface area contributed by atoms with Crippen molar-refractivity contribution in [3.05, 3.63) is 53.6 Å². The van der Waals surface area contributed by atoms with Crippen molar-refractivity contribution < 1.29 is 23.0 Å². The number of aliphatic hydroxyl groups excluding tert-OH is 1. The molecule has 0 amide bonds. The number of sulfonamides is 1. The summed E-state index contributed by atoms with van der Waals surface area (Å²) in [7, 11) is 1.66. The summed E-state index contributed by atoms with van der Waals surface area (Å²) in [5, 5.41) is 9.71. The van der Waals surface area contributed by atoms with Crippen LogP contribution < -0.4 is 9.47 Å². The molecule has 7 nitrogen and oxygen atoms in total. The van der Waals surface area contributed by atoms with Gasteiger partial charge in [-0.2, -0.15) is 4.31 Å². The van der Waals surface area contributed by atoms with Gasteiger partial charge in [-0.1, -0.05) is 18.8 Å². The molecular formula is C25H32N2O5S. The maximum atomic E-state index is 13.5. The Morgan fingerprint density at radius 1 is 1.18 bits per heavy atom. The van der Waals surface area contributed by atoms with E-state index in [2.05, 4.69) is 11.8 Å². The number of benzene rings is 2. The lowest BCUT2D eigenvalue weighted by molar-refractivity contribution is 0.0812. The van der Waals surface area contributed by atoms with Crippen molar-refractivity contribution in [3.8, 4) is 23.3 Å².